The Morgan fingerprint density at radius 1 is 1.00 bits per heavy atom. The number of carbonyl (C=O) groups excluding carboxylic acids is 3. The molecule has 36 heavy (non-hydrogen) atoms. The van der Waals surface area contributed by atoms with E-state index in [2.05, 4.69) is 0 Å². The summed E-state index contributed by atoms with van der Waals surface area (Å²) < 4.78 is 4.94. The number of methoxy groups -OCH3 is 1. The number of aryl methyl sites for hydroxylation is 1. The molecule has 1 aromatic heterocycles. The molecule has 0 bridgehead atoms. The lowest BCUT2D eigenvalue weighted by Gasteiger charge is -2.29. The largest absolute Gasteiger partial charge is 0.465 e. The molecule has 3 heterocycles. The Labute approximate surface area is 226 Å². The molecule has 0 aliphatic carbocycles. The average molecular weight is 566 g/mol. The maximum absolute atomic E-state index is 13.9. The van der Waals surface area contributed by atoms with Crippen LogP contribution in [0, 0.1) is 19.8 Å². The summed E-state index contributed by atoms with van der Waals surface area (Å²) in [5.41, 5.74) is 2.01. The molecule has 2 saturated heterocycles. The Bertz CT molecular complexity index is 1410. The first-order valence-electron chi connectivity index (χ1n) is 10.9. The van der Waals surface area contributed by atoms with Gasteiger partial charge in [-0.3, -0.25) is 14.4 Å². The van der Waals surface area contributed by atoms with Crippen LogP contribution in [0.1, 0.15) is 32.4 Å². The van der Waals surface area contributed by atoms with Gasteiger partial charge in [-0.05, 0) is 61.4 Å². The van der Waals surface area contributed by atoms with Gasteiger partial charge in [-0.15, -0.1) is 11.3 Å². The Kier molecular flexibility index (Phi) is 6.51. The number of benzene rings is 2. The minimum absolute atomic E-state index is 0.192. The van der Waals surface area contributed by atoms with Crippen LogP contribution in [0.15, 0.2) is 42.5 Å². The topological polar surface area (TPSA) is 76.2 Å². The normalized spacial score (nSPS) is 21.3. The lowest BCUT2D eigenvalue weighted by molar-refractivity contribution is -0.126. The first kappa shape index (κ1) is 25.0. The molecule has 2 amide bonds. The van der Waals surface area contributed by atoms with Crippen LogP contribution in [0.5, 0.6) is 0 Å². The molecule has 7 nitrogen and oxygen atoms in total. The number of imide groups is 1. The van der Waals surface area contributed by atoms with Crippen molar-refractivity contribution < 1.29 is 24.0 Å². The number of halogens is 3. The number of hydrogen-bond acceptors (Lipinski definition) is 7. The predicted molar refractivity (Wildman–Crippen MR) is 139 cm³/mol. The smallest absolute Gasteiger partial charge is 0.341 e. The molecule has 11 heteroatoms. The van der Waals surface area contributed by atoms with Gasteiger partial charge in [0.1, 0.15) is 10.9 Å². The zero-order valence-corrected chi connectivity index (χ0v) is 22.3. The van der Waals surface area contributed by atoms with Crippen molar-refractivity contribution in [2.24, 2.45) is 5.92 Å². The zero-order valence-electron chi connectivity index (χ0n) is 19.3. The van der Waals surface area contributed by atoms with E-state index in [-0.39, 0.29) is 10.6 Å². The first-order valence-corrected chi connectivity index (χ1v) is 12.8. The predicted octanol–water partition coefficient (Wildman–Crippen LogP) is 6.16. The fourth-order valence-electron chi connectivity index (χ4n) is 4.59. The Morgan fingerprint density at radius 2 is 1.67 bits per heavy atom. The molecule has 2 aliphatic rings. The van der Waals surface area contributed by atoms with E-state index in [1.165, 1.54) is 23.5 Å². The van der Waals surface area contributed by atoms with E-state index in [4.69, 9.17) is 44.4 Å². The monoisotopic (exact) mass is 564 g/mol. The van der Waals surface area contributed by atoms with Gasteiger partial charge in [-0.25, -0.2) is 14.8 Å². The number of rotatable bonds is 4. The van der Waals surface area contributed by atoms with E-state index >= 15 is 0 Å². The van der Waals surface area contributed by atoms with Crippen LogP contribution < -0.4 is 9.96 Å². The molecule has 186 valence electrons. The third kappa shape index (κ3) is 3.88. The van der Waals surface area contributed by atoms with Crippen molar-refractivity contribution in [2.75, 3.05) is 17.1 Å². The summed E-state index contributed by atoms with van der Waals surface area (Å²) in [5, 5.41) is 3.02. The van der Waals surface area contributed by atoms with E-state index in [1.54, 1.807) is 49.4 Å². The average Bonchev–Trinajstić information content (AvgIpc) is 3.44. The van der Waals surface area contributed by atoms with Crippen molar-refractivity contribution in [1.29, 1.82) is 0 Å². The number of esters is 1. The van der Waals surface area contributed by atoms with Crippen molar-refractivity contribution in [3.05, 3.63) is 79.1 Å². The second-order valence-corrected chi connectivity index (χ2v) is 10.9. The Morgan fingerprint density at radius 3 is 2.31 bits per heavy atom. The number of nitrogens with zero attached hydrogens (tertiary/aromatic N) is 2. The SMILES string of the molecule is COC(=O)c1c(N2C(=O)[C@@H]3[C@H](ON(c4ccc(Cl)cc4)[C@@H]3c3ccc(Cl)cc3Cl)C2=O)sc(C)c1C. The number of carbonyl (C=O) groups is 3. The van der Waals surface area contributed by atoms with Gasteiger partial charge in [0.2, 0.25) is 5.91 Å². The standard InChI is InChI=1S/C25H19Cl3N2O5S/c1-11-12(2)36-24(18(11)25(33)34-3)29-22(31)19-20(16-9-6-14(27)10-17(16)28)30(35-21(19)23(29)32)15-7-4-13(26)5-8-15/h4-10,19-21H,1-3H3/t19-,20+,21-/m0/s1. The molecule has 0 N–H and O–H groups in total. The fraction of sp³-hybridized carbons (Fsp3) is 0.240. The molecule has 2 aromatic carbocycles. The van der Waals surface area contributed by atoms with Gasteiger partial charge in [0.05, 0.1) is 24.4 Å². The number of fused-ring (bicyclic) bond motifs is 1. The molecule has 0 saturated carbocycles. The number of hydrogen-bond donors (Lipinski definition) is 0. The van der Waals surface area contributed by atoms with Crippen molar-refractivity contribution >= 4 is 74.6 Å². The zero-order chi connectivity index (χ0) is 25.9. The highest BCUT2D eigenvalue weighted by atomic mass is 35.5. The second kappa shape index (κ2) is 9.36. The molecular formula is C25H19Cl3N2O5S. The summed E-state index contributed by atoms with van der Waals surface area (Å²) in [6.07, 6.45) is -1.13. The third-order valence-corrected chi connectivity index (χ3v) is 8.44. The highest BCUT2D eigenvalue weighted by Gasteiger charge is 2.61. The third-order valence-electron chi connectivity index (χ3n) is 6.44. The Hall–Kier alpha value is -2.62. The molecule has 5 rings (SSSR count). The van der Waals surface area contributed by atoms with Crippen LogP contribution in [-0.4, -0.2) is 31.0 Å². The maximum atomic E-state index is 13.9. The lowest BCUT2D eigenvalue weighted by atomic mass is 9.90. The summed E-state index contributed by atoms with van der Waals surface area (Å²) in [6, 6.07) is 11.0. The van der Waals surface area contributed by atoms with Crippen LogP contribution in [0.25, 0.3) is 0 Å². The number of hydroxylamine groups is 1. The van der Waals surface area contributed by atoms with Gasteiger partial charge in [0, 0.05) is 19.9 Å². The minimum Gasteiger partial charge on any atom is -0.465 e. The van der Waals surface area contributed by atoms with Crippen LogP contribution in [0.3, 0.4) is 0 Å². The fourth-order valence-corrected chi connectivity index (χ4v) is 6.39. The number of amides is 2. The van der Waals surface area contributed by atoms with Gasteiger partial charge in [-0.2, -0.15) is 0 Å². The summed E-state index contributed by atoms with van der Waals surface area (Å²) in [6.45, 7) is 3.57. The number of thiophene rings is 1. The summed E-state index contributed by atoms with van der Waals surface area (Å²) in [5.74, 6) is -2.61. The van der Waals surface area contributed by atoms with Crippen LogP contribution >= 0.6 is 46.1 Å². The van der Waals surface area contributed by atoms with E-state index in [1.807, 2.05) is 6.92 Å². The minimum atomic E-state index is -1.13. The maximum Gasteiger partial charge on any atom is 0.341 e. The molecule has 0 spiro atoms. The van der Waals surface area contributed by atoms with Crippen molar-refractivity contribution in [3.8, 4) is 0 Å². The van der Waals surface area contributed by atoms with Gasteiger partial charge < -0.3 is 4.74 Å². The van der Waals surface area contributed by atoms with Crippen molar-refractivity contribution in [2.45, 2.75) is 26.0 Å². The second-order valence-electron chi connectivity index (χ2n) is 8.43. The molecule has 3 aromatic rings. The van der Waals surface area contributed by atoms with E-state index < -0.39 is 35.8 Å². The van der Waals surface area contributed by atoms with Gasteiger partial charge in [0.25, 0.3) is 5.91 Å². The van der Waals surface area contributed by atoms with E-state index in [9.17, 15) is 14.4 Å². The highest BCUT2D eigenvalue weighted by molar-refractivity contribution is 7.17. The van der Waals surface area contributed by atoms with Gasteiger partial charge >= 0.3 is 5.97 Å². The summed E-state index contributed by atoms with van der Waals surface area (Å²) >= 11 is 19.9. The Balaban J connectivity index is 1.63. The van der Waals surface area contributed by atoms with Crippen LogP contribution in [0.4, 0.5) is 10.7 Å². The highest BCUT2D eigenvalue weighted by Crippen LogP contribution is 2.51. The molecule has 2 aliphatic heterocycles. The molecule has 2 fully saturated rings. The molecular weight excluding hydrogens is 547 g/mol. The number of ether oxygens (including phenoxy) is 1. The van der Waals surface area contributed by atoms with Gasteiger partial charge in [0.15, 0.2) is 6.10 Å². The van der Waals surface area contributed by atoms with Crippen LogP contribution in [0.2, 0.25) is 15.1 Å². The number of anilines is 2. The summed E-state index contributed by atoms with van der Waals surface area (Å²) in [4.78, 5) is 48.1. The molecule has 3 atom stereocenters. The van der Waals surface area contributed by atoms with Crippen molar-refractivity contribution in [1.82, 2.24) is 0 Å². The lowest BCUT2D eigenvalue weighted by Crippen LogP contribution is -2.37. The molecule has 0 unspecified atom stereocenters. The van der Waals surface area contributed by atoms with Crippen LogP contribution in [-0.2, 0) is 19.2 Å². The van der Waals surface area contributed by atoms with E-state index in [0.29, 0.717) is 31.9 Å². The first-order chi connectivity index (χ1) is 17.1. The quantitative estimate of drug-likeness (QED) is 0.278. The summed E-state index contributed by atoms with van der Waals surface area (Å²) in [7, 11) is 1.26. The van der Waals surface area contributed by atoms with Crippen molar-refractivity contribution in [3.63, 3.8) is 0 Å². The van der Waals surface area contributed by atoms with E-state index in [0.717, 1.165) is 9.78 Å². The molecule has 0 radical (unpaired) electrons. The van der Waals surface area contributed by atoms with Gasteiger partial charge in [-0.1, -0.05) is 40.9 Å².